The van der Waals surface area contributed by atoms with Crippen molar-refractivity contribution < 1.29 is 38.4 Å². The second kappa shape index (κ2) is 12.4. The molecule has 0 saturated carbocycles. The molecular formula is C28H34N2O8. The number of benzene rings is 2. The third-order valence-electron chi connectivity index (χ3n) is 6.31. The Hall–Kier alpha value is -4.21. The number of ketones is 1. The summed E-state index contributed by atoms with van der Waals surface area (Å²) in [5.41, 5.74) is 2.97. The van der Waals surface area contributed by atoms with Gasteiger partial charge in [0.05, 0.1) is 34.1 Å². The first-order valence-corrected chi connectivity index (χ1v) is 12.2. The molecule has 2 N–H and O–H groups in total. The number of anilines is 1. The molecule has 0 atom stereocenters. The Balaban J connectivity index is 2.11. The van der Waals surface area contributed by atoms with Crippen LogP contribution in [0.25, 0.3) is 5.57 Å². The standard InChI is InChI=1S/C28H34N2O8/c1-16(2)11-12-30(28(33)34)27(32)29-22-13-17(7-10-23(22)35-3)20-14-18(31)8-9-19-21(20)15-24(36-4)26(38-6)25(19)37-5/h7,10,13-16H,8-9,11-12H2,1-6H3,(H,29,32)(H,33,34). The largest absolute Gasteiger partial charge is 0.495 e. The molecule has 0 fully saturated rings. The SMILES string of the molecule is COc1ccc(C2=CC(=O)CCc3c2cc(OC)c(OC)c3OC)cc1NC(=O)N(CCC(C)C)C(=O)O. The van der Waals surface area contributed by atoms with Gasteiger partial charge in [0.2, 0.25) is 5.75 Å². The highest BCUT2D eigenvalue weighted by atomic mass is 16.5. The molecule has 10 heteroatoms. The van der Waals surface area contributed by atoms with Crippen LogP contribution in [-0.2, 0) is 11.2 Å². The lowest BCUT2D eigenvalue weighted by Gasteiger charge is -2.21. The molecule has 0 aromatic heterocycles. The molecule has 38 heavy (non-hydrogen) atoms. The Morgan fingerprint density at radius 1 is 0.974 bits per heavy atom. The van der Waals surface area contributed by atoms with Crippen LogP contribution in [0.1, 0.15) is 43.4 Å². The van der Waals surface area contributed by atoms with Gasteiger partial charge in [0.25, 0.3) is 0 Å². The fourth-order valence-corrected chi connectivity index (χ4v) is 4.33. The fourth-order valence-electron chi connectivity index (χ4n) is 4.33. The molecule has 0 bridgehead atoms. The van der Waals surface area contributed by atoms with Gasteiger partial charge >= 0.3 is 12.1 Å². The highest BCUT2D eigenvalue weighted by Crippen LogP contribution is 2.46. The van der Waals surface area contributed by atoms with E-state index in [9.17, 15) is 19.5 Å². The molecule has 2 aromatic carbocycles. The number of carbonyl (C=O) groups excluding carboxylic acids is 2. The second-order valence-corrected chi connectivity index (χ2v) is 9.16. The van der Waals surface area contributed by atoms with Crippen LogP contribution in [0.3, 0.4) is 0 Å². The zero-order chi connectivity index (χ0) is 28.0. The molecule has 2 aromatic rings. The number of hydrogen-bond donors (Lipinski definition) is 2. The molecule has 0 aliphatic heterocycles. The smallest absolute Gasteiger partial charge is 0.415 e. The number of methoxy groups -OCH3 is 4. The molecule has 0 spiro atoms. The summed E-state index contributed by atoms with van der Waals surface area (Å²) in [6, 6.07) is 6.06. The van der Waals surface area contributed by atoms with E-state index >= 15 is 0 Å². The minimum atomic E-state index is -1.35. The van der Waals surface area contributed by atoms with Crippen LogP contribution in [0.4, 0.5) is 15.3 Å². The van der Waals surface area contributed by atoms with Gasteiger partial charge in [0.1, 0.15) is 5.75 Å². The number of carbonyl (C=O) groups is 3. The van der Waals surface area contributed by atoms with Crippen LogP contribution in [0.15, 0.2) is 30.3 Å². The normalized spacial score (nSPS) is 12.7. The van der Waals surface area contributed by atoms with E-state index in [1.807, 2.05) is 13.8 Å². The summed E-state index contributed by atoms with van der Waals surface area (Å²) >= 11 is 0. The van der Waals surface area contributed by atoms with Crippen LogP contribution in [-0.4, -0.2) is 62.9 Å². The molecule has 1 aliphatic rings. The van der Waals surface area contributed by atoms with E-state index in [0.29, 0.717) is 47.0 Å². The van der Waals surface area contributed by atoms with Crippen molar-refractivity contribution in [1.29, 1.82) is 0 Å². The molecule has 1 aliphatic carbocycles. The average Bonchev–Trinajstić information content (AvgIpc) is 3.05. The Bertz CT molecular complexity index is 1250. The third-order valence-corrected chi connectivity index (χ3v) is 6.31. The van der Waals surface area contributed by atoms with E-state index in [1.165, 1.54) is 28.4 Å². The van der Waals surface area contributed by atoms with Crippen molar-refractivity contribution in [1.82, 2.24) is 4.90 Å². The summed E-state index contributed by atoms with van der Waals surface area (Å²) in [5, 5.41) is 12.2. The third kappa shape index (κ3) is 6.01. The fraction of sp³-hybridized carbons (Fsp3) is 0.393. The first kappa shape index (κ1) is 28.4. The van der Waals surface area contributed by atoms with E-state index in [1.54, 1.807) is 30.3 Å². The number of imide groups is 1. The van der Waals surface area contributed by atoms with Crippen LogP contribution in [0.5, 0.6) is 23.0 Å². The van der Waals surface area contributed by atoms with Crippen molar-refractivity contribution in [3.05, 3.63) is 47.0 Å². The summed E-state index contributed by atoms with van der Waals surface area (Å²) < 4.78 is 22.2. The molecule has 204 valence electrons. The molecule has 0 unspecified atom stereocenters. The summed E-state index contributed by atoms with van der Waals surface area (Å²) in [5.74, 6) is 1.82. The summed E-state index contributed by atoms with van der Waals surface area (Å²) in [6.45, 7) is 3.95. The summed E-state index contributed by atoms with van der Waals surface area (Å²) in [7, 11) is 6.02. The van der Waals surface area contributed by atoms with E-state index in [2.05, 4.69) is 5.32 Å². The first-order chi connectivity index (χ1) is 18.1. The number of nitrogens with zero attached hydrogens (tertiary/aromatic N) is 1. The highest BCUT2D eigenvalue weighted by molar-refractivity contribution is 6.04. The lowest BCUT2D eigenvalue weighted by atomic mass is 9.92. The number of hydrogen-bond acceptors (Lipinski definition) is 7. The zero-order valence-electron chi connectivity index (χ0n) is 22.5. The minimum Gasteiger partial charge on any atom is -0.495 e. The molecular weight excluding hydrogens is 492 g/mol. The van der Waals surface area contributed by atoms with Crippen molar-refractivity contribution in [3.8, 4) is 23.0 Å². The average molecular weight is 527 g/mol. The van der Waals surface area contributed by atoms with Gasteiger partial charge < -0.3 is 29.4 Å². The Kier molecular flexibility index (Phi) is 9.22. The number of nitrogens with one attached hydrogen (secondary N) is 1. The number of rotatable bonds is 9. The topological polar surface area (TPSA) is 124 Å². The summed E-state index contributed by atoms with van der Waals surface area (Å²) in [6.07, 6.45) is 1.43. The van der Waals surface area contributed by atoms with Gasteiger partial charge in [0, 0.05) is 18.5 Å². The van der Waals surface area contributed by atoms with Crippen molar-refractivity contribution in [3.63, 3.8) is 0 Å². The maximum absolute atomic E-state index is 12.9. The van der Waals surface area contributed by atoms with Crippen molar-refractivity contribution in [2.24, 2.45) is 5.92 Å². The van der Waals surface area contributed by atoms with Gasteiger partial charge in [-0.3, -0.25) is 4.79 Å². The number of urea groups is 1. The molecule has 10 nitrogen and oxygen atoms in total. The van der Waals surface area contributed by atoms with Gasteiger partial charge in [0.15, 0.2) is 17.3 Å². The molecule has 0 radical (unpaired) electrons. The number of fused-ring (bicyclic) bond motifs is 1. The summed E-state index contributed by atoms with van der Waals surface area (Å²) in [4.78, 5) is 38.2. The Morgan fingerprint density at radius 3 is 2.24 bits per heavy atom. The van der Waals surface area contributed by atoms with Crippen LogP contribution in [0, 0.1) is 5.92 Å². The van der Waals surface area contributed by atoms with Crippen molar-refractivity contribution in [2.75, 3.05) is 40.3 Å². The lowest BCUT2D eigenvalue weighted by molar-refractivity contribution is -0.114. The number of amides is 3. The Morgan fingerprint density at radius 2 is 1.66 bits per heavy atom. The van der Waals surface area contributed by atoms with E-state index in [4.69, 9.17) is 18.9 Å². The van der Waals surface area contributed by atoms with E-state index in [0.717, 1.165) is 16.0 Å². The van der Waals surface area contributed by atoms with E-state index in [-0.39, 0.29) is 30.4 Å². The molecule has 3 rings (SSSR count). The number of carboxylic acid groups (broad SMARTS) is 1. The predicted molar refractivity (Wildman–Crippen MR) is 143 cm³/mol. The van der Waals surface area contributed by atoms with Crippen LogP contribution in [0.2, 0.25) is 0 Å². The Labute approximate surface area is 222 Å². The molecule has 0 heterocycles. The first-order valence-electron chi connectivity index (χ1n) is 12.2. The molecule has 3 amide bonds. The predicted octanol–water partition coefficient (Wildman–Crippen LogP) is 5.23. The second-order valence-electron chi connectivity index (χ2n) is 9.16. The van der Waals surface area contributed by atoms with Crippen molar-refractivity contribution in [2.45, 2.75) is 33.1 Å². The van der Waals surface area contributed by atoms with Crippen LogP contribution >= 0.6 is 0 Å². The van der Waals surface area contributed by atoms with Crippen molar-refractivity contribution >= 4 is 29.2 Å². The van der Waals surface area contributed by atoms with Gasteiger partial charge in [-0.05, 0) is 59.7 Å². The van der Waals surface area contributed by atoms with Gasteiger partial charge in [-0.15, -0.1) is 0 Å². The lowest BCUT2D eigenvalue weighted by Crippen LogP contribution is -2.40. The van der Waals surface area contributed by atoms with E-state index < -0.39 is 12.1 Å². The van der Waals surface area contributed by atoms with Crippen LogP contribution < -0.4 is 24.3 Å². The monoisotopic (exact) mass is 526 g/mol. The molecule has 0 saturated heterocycles. The van der Waals surface area contributed by atoms with Gasteiger partial charge in [-0.25, -0.2) is 14.5 Å². The maximum Gasteiger partial charge on any atom is 0.415 e. The number of ether oxygens (including phenoxy) is 4. The zero-order valence-corrected chi connectivity index (χ0v) is 22.5. The van der Waals surface area contributed by atoms with Gasteiger partial charge in [-0.2, -0.15) is 0 Å². The minimum absolute atomic E-state index is 0.0509. The van der Waals surface area contributed by atoms with Gasteiger partial charge in [-0.1, -0.05) is 19.9 Å². The quantitative estimate of drug-likeness (QED) is 0.456. The maximum atomic E-state index is 12.9. The number of allylic oxidation sites excluding steroid dienone is 1. The highest BCUT2D eigenvalue weighted by Gasteiger charge is 2.27.